The lowest BCUT2D eigenvalue weighted by Gasteiger charge is -2.06. The summed E-state index contributed by atoms with van der Waals surface area (Å²) in [4.78, 5) is 8.59. The van der Waals surface area contributed by atoms with Gasteiger partial charge in [0, 0.05) is 11.1 Å². The number of para-hydroxylation sites is 2. The second kappa shape index (κ2) is 7.51. The van der Waals surface area contributed by atoms with Crippen LogP contribution in [0.3, 0.4) is 0 Å². The second-order valence-electron chi connectivity index (χ2n) is 5.22. The smallest absolute Gasteiger partial charge is 0.106 e. The number of aliphatic hydroxyl groups excluding tert-OH is 2. The van der Waals surface area contributed by atoms with Gasteiger partial charge in [0.15, 0.2) is 0 Å². The van der Waals surface area contributed by atoms with E-state index in [0.717, 1.165) is 0 Å². The summed E-state index contributed by atoms with van der Waals surface area (Å²) in [6.45, 7) is 0. The lowest BCUT2D eigenvalue weighted by atomic mass is 10.1. The Morgan fingerprint density at radius 3 is 1.58 bits per heavy atom. The number of nitrogens with zero attached hydrogens (tertiary/aromatic N) is 2. The lowest BCUT2D eigenvalue weighted by molar-refractivity contribution is 0.263. The molecular weight excluding hydrogens is 300 g/mol. The normalized spacial score (nSPS) is 21.4. The summed E-state index contributed by atoms with van der Waals surface area (Å²) in [5.41, 5.74) is 2.40. The molecule has 4 nitrogen and oxygen atoms in total. The largest absolute Gasteiger partial charge is 0.384 e. The highest BCUT2D eigenvalue weighted by Crippen LogP contribution is 2.26. The maximum absolute atomic E-state index is 9.84. The molecule has 24 heavy (non-hydrogen) atoms. The molecule has 0 saturated carbocycles. The van der Waals surface area contributed by atoms with Gasteiger partial charge < -0.3 is 10.2 Å². The van der Waals surface area contributed by atoms with Crippen LogP contribution in [0, 0.1) is 0 Å². The molecule has 2 unspecified atom stereocenters. The number of hydrogen-bond acceptors (Lipinski definition) is 4. The monoisotopic (exact) mass is 316 g/mol. The molecule has 0 aliphatic heterocycles. The Kier molecular flexibility index (Phi) is 4.97. The molecule has 4 heteroatoms. The van der Waals surface area contributed by atoms with Gasteiger partial charge in [-0.15, -0.1) is 0 Å². The fourth-order valence-corrected chi connectivity index (χ4v) is 2.17. The molecule has 0 aromatic heterocycles. The number of aliphatic imine (C=N–C) groups is 2. The third-order valence-electron chi connectivity index (χ3n) is 3.49. The maximum Gasteiger partial charge on any atom is 0.106 e. The van der Waals surface area contributed by atoms with Crippen molar-refractivity contribution in [2.24, 2.45) is 9.98 Å². The third kappa shape index (κ3) is 3.85. The maximum atomic E-state index is 9.84. The van der Waals surface area contributed by atoms with Crippen LogP contribution in [0.25, 0.3) is 0 Å². The molecule has 0 saturated heterocycles. The predicted octanol–water partition coefficient (Wildman–Crippen LogP) is 3.12. The quantitative estimate of drug-likeness (QED) is 0.823. The zero-order chi connectivity index (χ0) is 16.8. The van der Waals surface area contributed by atoms with E-state index < -0.39 is 12.2 Å². The zero-order valence-corrected chi connectivity index (χ0v) is 12.9. The van der Waals surface area contributed by atoms with E-state index in [9.17, 15) is 10.2 Å². The summed E-state index contributed by atoms with van der Waals surface area (Å²) in [7, 11) is 0. The van der Waals surface area contributed by atoms with E-state index in [0.29, 0.717) is 22.5 Å². The molecule has 2 atom stereocenters. The van der Waals surface area contributed by atoms with E-state index in [4.69, 9.17) is 0 Å². The van der Waals surface area contributed by atoms with Gasteiger partial charge in [0.05, 0.1) is 11.4 Å². The van der Waals surface area contributed by atoms with Crippen LogP contribution in [0.1, 0.15) is 0 Å². The van der Waals surface area contributed by atoms with Gasteiger partial charge in [-0.05, 0) is 36.0 Å². The van der Waals surface area contributed by atoms with Crippen molar-refractivity contribution in [2.45, 2.75) is 12.2 Å². The van der Waals surface area contributed by atoms with E-state index in [1.807, 2.05) is 24.3 Å². The minimum Gasteiger partial charge on any atom is -0.384 e. The Labute approximate surface area is 140 Å². The SMILES string of the molecule is OC1C=CC=CC1=C=Nc1ccccc1N=C=C1C=CC=CC1O. The van der Waals surface area contributed by atoms with Crippen LogP contribution in [0.15, 0.2) is 94.0 Å². The van der Waals surface area contributed by atoms with Gasteiger partial charge in [0.25, 0.3) is 0 Å². The van der Waals surface area contributed by atoms with Crippen molar-refractivity contribution in [3.05, 3.63) is 84.0 Å². The van der Waals surface area contributed by atoms with Gasteiger partial charge in [-0.2, -0.15) is 0 Å². The molecule has 0 radical (unpaired) electrons. The van der Waals surface area contributed by atoms with Gasteiger partial charge in [-0.25, -0.2) is 9.98 Å². The van der Waals surface area contributed by atoms with Crippen molar-refractivity contribution in [1.82, 2.24) is 0 Å². The van der Waals surface area contributed by atoms with Gasteiger partial charge in [-0.1, -0.05) is 48.6 Å². The highest BCUT2D eigenvalue weighted by atomic mass is 16.3. The van der Waals surface area contributed by atoms with Crippen LogP contribution in [0.5, 0.6) is 0 Å². The number of aliphatic hydroxyl groups is 2. The summed E-state index contributed by atoms with van der Waals surface area (Å²) in [5.74, 6) is 5.72. The number of benzene rings is 1. The molecule has 0 heterocycles. The lowest BCUT2D eigenvalue weighted by Crippen LogP contribution is -2.07. The molecule has 0 spiro atoms. The first-order valence-corrected chi connectivity index (χ1v) is 7.56. The molecular formula is C20H16N2O2. The predicted molar refractivity (Wildman–Crippen MR) is 96.2 cm³/mol. The van der Waals surface area contributed by atoms with E-state index in [-0.39, 0.29) is 0 Å². The van der Waals surface area contributed by atoms with Crippen LogP contribution in [0.4, 0.5) is 11.4 Å². The molecule has 0 amide bonds. The minimum atomic E-state index is -0.703. The average Bonchev–Trinajstić information content (AvgIpc) is 2.61. The van der Waals surface area contributed by atoms with Crippen LogP contribution < -0.4 is 0 Å². The first kappa shape index (κ1) is 15.9. The van der Waals surface area contributed by atoms with Gasteiger partial charge in [0.2, 0.25) is 0 Å². The molecule has 1 aromatic rings. The Hall–Kier alpha value is -3.00. The Bertz CT molecular complexity index is 802. The molecule has 1 aromatic carbocycles. The molecule has 118 valence electrons. The highest BCUT2D eigenvalue weighted by molar-refractivity contribution is 5.76. The Morgan fingerprint density at radius 2 is 1.17 bits per heavy atom. The van der Waals surface area contributed by atoms with E-state index in [2.05, 4.69) is 21.7 Å². The number of rotatable bonds is 2. The van der Waals surface area contributed by atoms with E-state index >= 15 is 0 Å². The summed E-state index contributed by atoms with van der Waals surface area (Å²) in [6, 6.07) is 7.31. The zero-order valence-electron chi connectivity index (χ0n) is 12.9. The van der Waals surface area contributed by atoms with Crippen molar-refractivity contribution in [2.75, 3.05) is 0 Å². The summed E-state index contributed by atoms with van der Waals surface area (Å²) >= 11 is 0. The van der Waals surface area contributed by atoms with E-state index in [1.54, 1.807) is 48.6 Å². The topological polar surface area (TPSA) is 65.2 Å². The van der Waals surface area contributed by atoms with Crippen LogP contribution in [-0.2, 0) is 0 Å². The van der Waals surface area contributed by atoms with Gasteiger partial charge in [0.1, 0.15) is 12.2 Å². The highest BCUT2D eigenvalue weighted by Gasteiger charge is 2.07. The Balaban J connectivity index is 1.95. The van der Waals surface area contributed by atoms with Crippen molar-refractivity contribution in [1.29, 1.82) is 0 Å². The molecule has 0 bridgehead atoms. The molecule has 2 aliphatic carbocycles. The average molecular weight is 316 g/mol. The second-order valence-corrected chi connectivity index (χ2v) is 5.22. The van der Waals surface area contributed by atoms with Crippen molar-refractivity contribution in [3.63, 3.8) is 0 Å². The van der Waals surface area contributed by atoms with Crippen LogP contribution in [0.2, 0.25) is 0 Å². The first-order chi connectivity index (χ1) is 11.7. The molecule has 0 fully saturated rings. The molecule has 3 rings (SSSR count). The standard InChI is InChI=1S/C20H16N2O2/c23-19-11-5-1-7-15(19)13-21-17-9-3-4-10-18(17)22-14-16-8-2-6-12-20(16)24/h1-12,19-20,23-24H. The summed E-state index contributed by atoms with van der Waals surface area (Å²) in [5, 5.41) is 19.7. The fourth-order valence-electron chi connectivity index (χ4n) is 2.17. The van der Waals surface area contributed by atoms with Crippen LogP contribution >= 0.6 is 0 Å². The first-order valence-electron chi connectivity index (χ1n) is 7.56. The van der Waals surface area contributed by atoms with Crippen molar-refractivity contribution in [3.8, 4) is 0 Å². The van der Waals surface area contributed by atoms with Gasteiger partial charge in [-0.3, -0.25) is 0 Å². The third-order valence-corrected chi connectivity index (χ3v) is 3.49. The fraction of sp³-hybridized carbons (Fsp3) is 0.100. The number of hydrogen-bond donors (Lipinski definition) is 2. The van der Waals surface area contributed by atoms with Crippen molar-refractivity contribution < 1.29 is 10.2 Å². The summed E-state index contributed by atoms with van der Waals surface area (Å²) in [6.07, 6.45) is 12.6. The van der Waals surface area contributed by atoms with E-state index in [1.165, 1.54) is 0 Å². The Morgan fingerprint density at radius 1 is 0.708 bits per heavy atom. The van der Waals surface area contributed by atoms with Crippen LogP contribution in [-0.4, -0.2) is 34.2 Å². The number of allylic oxidation sites excluding steroid dienone is 4. The summed E-state index contributed by atoms with van der Waals surface area (Å²) < 4.78 is 0. The minimum absolute atomic E-state index is 0.588. The molecule has 2 N–H and O–H groups in total. The van der Waals surface area contributed by atoms with Gasteiger partial charge >= 0.3 is 0 Å². The molecule has 2 aliphatic rings. The van der Waals surface area contributed by atoms with Crippen molar-refractivity contribution >= 4 is 23.1 Å².